The van der Waals surface area contributed by atoms with Crippen molar-refractivity contribution in [3.8, 4) is 34.0 Å². The maximum atomic E-state index is 13.1. The first kappa shape index (κ1) is 25.0. The van der Waals surface area contributed by atoms with Crippen LogP contribution in [0.2, 0.25) is 5.02 Å². The Balaban J connectivity index is 1.42. The number of fused-ring (bicyclic) bond motifs is 1. The number of rotatable bonds is 9. The molecule has 0 aliphatic rings. The Kier molecular flexibility index (Phi) is 7.53. The molecule has 0 bridgehead atoms. The van der Waals surface area contributed by atoms with Gasteiger partial charge >= 0.3 is 0 Å². The van der Waals surface area contributed by atoms with Crippen molar-refractivity contribution < 1.29 is 9.47 Å². The van der Waals surface area contributed by atoms with Gasteiger partial charge in [0.2, 0.25) is 4.96 Å². The molecule has 2 heterocycles. The Morgan fingerprint density at radius 2 is 1.76 bits per heavy atom. The Bertz CT molecular complexity index is 1640. The minimum Gasteiger partial charge on any atom is -0.490 e. The average Bonchev–Trinajstić information content (AvgIpc) is 3.45. The lowest BCUT2D eigenvalue weighted by Crippen LogP contribution is -2.23. The summed E-state index contributed by atoms with van der Waals surface area (Å²) in [4.78, 5) is 18.2. The van der Waals surface area contributed by atoms with Gasteiger partial charge in [0, 0.05) is 16.1 Å². The number of hydrogen-bond acceptors (Lipinski definition) is 6. The molecule has 2 aromatic heterocycles. The molecule has 0 unspecified atom stereocenters. The smallest absolute Gasteiger partial charge is 0.291 e. The quantitative estimate of drug-likeness (QED) is 0.210. The van der Waals surface area contributed by atoms with E-state index in [-0.39, 0.29) is 5.56 Å². The number of thiazole rings is 1. The number of ether oxygens (including phenoxy) is 2. The van der Waals surface area contributed by atoms with Gasteiger partial charge in [0.15, 0.2) is 17.3 Å². The van der Waals surface area contributed by atoms with E-state index >= 15 is 0 Å². The summed E-state index contributed by atoms with van der Waals surface area (Å²) < 4.78 is 13.5. The fourth-order valence-corrected chi connectivity index (χ4v) is 5.08. The van der Waals surface area contributed by atoms with Gasteiger partial charge in [-0.25, -0.2) is 0 Å². The van der Waals surface area contributed by atoms with Gasteiger partial charge in [0.25, 0.3) is 5.56 Å². The standard InChI is InChI=1S/C29H26ClN3O3S/c1-3-5-16-36-24-15-10-19(17-25(24)35-4-2)18-26-28(34)33-29(37-26)31-27(32-33)21-13-11-20(12-14-21)22-8-6-7-9-23(22)30/h6-15,17-18H,3-5,16H2,1-2H3/b26-18+. The first-order valence-corrected chi connectivity index (χ1v) is 13.4. The van der Waals surface area contributed by atoms with Crippen LogP contribution in [0.5, 0.6) is 11.5 Å². The SMILES string of the molecule is CCCCOc1ccc(/C=c2/sc3nc(-c4ccc(-c5ccccc5Cl)cc4)nn3c2=O)cc1OCC. The van der Waals surface area contributed by atoms with Gasteiger partial charge in [-0.3, -0.25) is 4.79 Å². The van der Waals surface area contributed by atoms with Crippen molar-refractivity contribution in [2.45, 2.75) is 26.7 Å². The van der Waals surface area contributed by atoms with E-state index in [1.807, 2.05) is 79.7 Å². The Morgan fingerprint density at radius 3 is 2.49 bits per heavy atom. The molecule has 0 fully saturated rings. The molecule has 37 heavy (non-hydrogen) atoms. The van der Waals surface area contributed by atoms with E-state index in [9.17, 15) is 4.79 Å². The molecule has 0 N–H and O–H groups in total. The molecule has 8 heteroatoms. The highest BCUT2D eigenvalue weighted by molar-refractivity contribution is 7.15. The third kappa shape index (κ3) is 5.38. The maximum absolute atomic E-state index is 13.1. The predicted octanol–water partition coefficient (Wildman–Crippen LogP) is 6.26. The second-order valence-corrected chi connectivity index (χ2v) is 9.86. The number of nitrogens with zero attached hydrogens (tertiary/aromatic N) is 3. The van der Waals surface area contributed by atoms with Gasteiger partial charge < -0.3 is 9.47 Å². The predicted molar refractivity (Wildman–Crippen MR) is 150 cm³/mol. The molecule has 6 nitrogen and oxygen atoms in total. The summed E-state index contributed by atoms with van der Waals surface area (Å²) in [5, 5.41) is 5.18. The molecule has 0 atom stereocenters. The summed E-state index contributed by atoms with van der Waals surface area (Å²) in [6.45, 7) is 5.23. The third-order valence-corrected chi connectivity index (χ3v) is 7.12. The molecule has 0 aliphatic carbocycles. The largest absolute Gasteiger partial charge is 0.490 e. The van der Waals surface area contributed by atoms with E-state index in [2.05, 4.69) is 17.0 Å². The zero-order chi connectivity index (χ0) is 25.8. The normalized spacial score (nSPS) is 11.8. The lowest BCUT2D eigenvalue weighted by molar-refractivity contribution is 0.272. The van der Waals surface area contributed by atoms with E-state index in [0.29, 0.717) is 45.1 Å². The summed E-state index contributed by atoms with van der Waals surface area (Å²) in [7, 11) is 0. The highest BCUT2D eigenvalue weighted by atomic mass is 35.5. The summed E-state index contributed by atoms with van der Waals surface area (Å²) in [5.74, 6) is 1.89. The second kappa shape index (κ2) is 11.2. The van der Waals surface area contributed by atoms with Crippen molar-refractivity contribution in [2.24, 2.45) is 0 Å². The summed E-state index contributed by atoms with van der Waals surface area (Å²) >= 11 is 7.63. The van der Waals surface area contributed by atoms with Crippen molar-refractivity contribution in [3.63, 3.8) is 0 Å². The van der Waals surface area contributed by atoms with Crippen LogP contribution in [0.3, 0.4) is 0 Å². The van der Waals surface area contributed by atoms with Crippen LogP contribution in [0.15, 0.2) is 71.5 Å². The Hall–Kier alpha value is -3.68. The first-order valence-electron chi connectivity index (χ1n) is 12.2. The molecular formula is C29H26ClN3O3S. The highest BCUT2D eigenvalue weighted by Crippen LogP contribution is 2.30. The average molecular weight is 532 g/mol. The number of hydrogen-bond donors (Lipinski definition) is 0. The van der Waals surface area contributed by atoms with Gasteiger partial charge in [0.1, 0.15) is 0 Å². The molecule has 5 rings (SSSR count). The van der Waals surface area contributed by atoms with E-state index in [1.165, 1.54) is 15.9 Å². The van der Waals surface area contributed by atoms with E-state index in [4.69, 9.17) is 21.1 Å². The first-order chi connectivity index (χ1) is 18.1. The van der Waals surface area contributed by atoms with Crippen molar-refractivity contribution in [1.29, 1.82) is 0 Å². The fraction of sp³-hybridized carbons (Fsp3) is 0.207. The topological polar surface area (TPSA) is 65.7 Å². The third-order valence-electron chi connectivity index (χ3n) is 5.83. The molecule has 0 spiro atoms. The van der Waals surface area contributed by atoms with Crippen LogP contribution in [0.1, 0.15) is 32.3 Å². The summed E-state index contributed by atoms with van der Waals surface area (Å²) in [6, 6.07) is 21.3. The zero-order valence-electron chi connectivity index (χ0n) is 20.6. The summed E-state index contributed by atoms with van der Waals surface area (Å²) in [5.41, 5.74) is 3.45. The monoisotopic (exact) mass is 531 g/mol. The van der Waals surface area contributed by atoms with Gasteiger partial charge in [-0.15, -0.1) is 5.10 Å². The van der Waals surface area contributed by atoms with Crippen LogP contribution in [-0.2, 0) is 0 Å². The molecule has 0 aliphatic heterocycles. The number of aromatic nitrogens is 3. The van der Waals surface area contributed by atoms with E-state index in [1.54, 1.807) is 0 Å². The molecule has 3 aromatic carbocycles. The fourth-order valence-electron chi connectivity index (χ4n) is 3.93. The minimum absolute atomic E-state index is 0.201. The van der Waals surface area contributed by atoms with Gasteiger partial charge in [-0.05, 0) is 48.7 Å². The van der Waals surface area contributed by atoms with Gasteiger partial charge in [-0.2, -0.15) is 9.50 Å². The van der Waals surface area contributed by atoms with Crippen LogP contribution in [0, 0.1) is 0 Å². The van der Waals surface area contributed by atoms with Crippen LogP contribution in [-0.4, -0.2) is 27.8 Å². The van der Waals surface area contributed by atoms with Crippen molar-refractivity contribution >= 4 is 34.0 Å². The number of halogens is 1. The minimum atomic E-state index is -0.201. The number of unbranched alkanes of at least 4 members (excludes halogenated alkanes) is 1. The molecule has 0 saturated heterocycles. The molecule has 188 valence electrons. The van der Waals surface area contributed by atoms with Crippen LogP contribution >= 0.6 is 22.9 Å². The lowest BCUT2D eigenvalue weighted by Gasteiger charge is -2.12. The Morgan fingerprint density at radius 1 is 0.973 bits per heavy atom. The van der Waals surface area contributed by atoms with E-state index in [0.717, 1.165) is 35.1 Å². The molecule has 5 aromatic rings. The maximum Gasteiger partial charge on any atom is 0.291 e. The molecular weight excluding hydrogens is 506 g/mol. The van der Waals surface area contributed by atoms with Crippen molar-refractivity contribution in [1.82, 2.24) is 14.6 Å². The van der Waals surface area contributed by atoms with Gasteiger partial charge in [-0.1, -0.05) is 84.8 Å². The second-order valence-electron chi connectivity index (χ2n) is 8.44. The molecule has 0 saturated carbocycles. The zero-order valence-corrected chi connectivity index (χ0v) is 22.2. The highest BCUT2D eigenvalue weighted by Gasteiger charge is 2.13. The molecule has 0 radical (unpaired) electrons. The van der Waals surface area contributed by atoms with E-state index < -0.39 is 0 Å². The van der Waals surface area contributed by atoms with Crippen molar-refractivity contribution in [3.05, 3.63) is 92.2 Å². The molecule has 0 amide bonds. The lowest BCUT2D eigenvalue weighted by atomic mass is 10.0. The number of benzene rings is 3. The van der Waals surface area contributed by atoms with Crippen LogP contribution < -0.4 is 19.6 Å². The van der Waals surface area contributed by atoms with Gasteiger partial charge in [0.05, 0.1) is 17.7 Å². The van der Waals surface area contributed by atoms with Crippen LogP contribution in [0.25, 0.3) is 33.6 Å². The Labute approximate surface area is 223 Å². The van der Waals surface area contributed by atoms with Crippen molar-refractivity contribution in [2.75, 3.05) is 13.2 Å². The van der Waals surface area contributed by atoms with Crippen LogP contribution in [0.4, 0.5) is 0 Å². The summed E-state index contributed by atoms with van der Waals surface area (Å²) in [6.07, 6.45) is 3.88.